The maximum absolute atomic E-state index is 11.2. The number of carbonyl (C=O) groups excluding carboxylic acids is 1. The molecule has 0 rings (SSSR count). The SMILES string of the molecule is C=C(CCCCCCCCCCCCCCCC(C)C)C(=O)OC. The average molecular weight is 339 g/mol. The number of hydrogen-bond acceptors (Lipinski definition) is 2. The van der Waals surface area contributed by atoms with Crippen LogP contribution in [0.4, 0.5) is 0 Å². The van der Waals surface area contributed by atoms with Gasteiger partial charge in [0.2, 0.25) is 0 Å². The van der Waals surface area contributed by atoms with E-state index in [2.05, 4.69) is 25.2 Å². The minimum Gasteiger partial charge on any atom is -0.466 e. The van der Waals surface area contributed by atoms with E-state index >= 15 is 0 Å². The van der Waals surface area contributed by atoms with E-state index in [4.69, 9.17) is 0 Å². The topological polar surface area (TPSA) is 26.3 Å². The van der Waals surface area contributed by atoms with Gasteiger partial charge in [0.1, 0.15) is 0 Å². The molecule has 0 aliphatic heterocycles. The van der Waals surface area contributed by atoms with Crippen LogP contribution in [0.3, 0.4) is 0 Å². The van der Waals surface area contributed by atoms with Gasteiger partial charge in [0.25, 0.3) is 0 Å². The van der Waals surface area contributed by atoms with Crippen LogP contribution in [0.25, 0.3) is 0 Å². The molecule has 0 unspecified atom stereocenters. The molecule has 0 N–H and O–H groups in total. The molecule has 0 fully saturated rings. The molecule has 0 heterocycles. The van der Waals surface area contributed by atoms with E-state index in [0.717, 1.165) is 18.8 Å². The van der Waals surface area contributed by atoms with Crippen LogP contribution in [-0.2, 0) is 9.53 Å². The first-order valence-corrected chi connectivity index (χ1v) is 10.3. The maximum atomic E-state index is 11.2. The molecule has 142 valence electrons. The van der Waals surface area contributed by atoms with Crippen LogP contribution in [0.15, 0.2) is 12.2 Å². The van der Waals surface area contributed by atoms with E-state index in [-0.39, 0.29) is 5.97 Å². The predicted octanol–water partition coefficient (Wildman–Crippen LogP) is 7.22. The Kier molecular flexibility index (Phi) is 16.5. The first kappa shape index (κ1) is 23.2. The zero-order valence-electron chi connectivity index (χ0n) is 16.7. The van der Waals surface area contributed by atoms with Crippen molar-refractivity contribution in [3.63, 3.8) is 0 Å². The van der Waals surface area contributed by atoms with Gasteiger partial charge in [0.05, 0.1) is 7.11 Å². The summed E-state index contributed by atoms with van der Waals surface area (Å²) in [5.41, 5.74) is 0.613. The van der Waals surface area contributed by atoms with Gasteiger partial charge < -0.3 is 4.74 Å². The van der Waals surface area contributed by atoms with Crippen molar-refractivity contribution in [1.29, 1.82) is 0 Å². The van der Waals surface area contributed by atoms with Crippen molar-refractivity contribution < 1.29 is 9.53 Å². The molecule has 0 aromatic rings. The highest BCUT2D eigenvalue weighted by Crippen LogP contribution is 2.15. The van der Waals surface area contributed by atoms with E-state index in [0.29, 0.717) is 5.57 Å². The lowest BCUT2D eigenvalue weighted by Crippen LogP contribution is -2.03. The van der Waals surface area contributed by atoms with Crippen molar-refractivity contribution >= 4 is 5.97 Å². The number of esters is 1. The van der Waals surface area contributed by atoms with Crippen molar-refractivity contribution in [3.8, 4) is 0 Å². The van der Waals surface area contributed by atoms with Crippen LogP contribution < -0.4 is 0 Å². The average Bonchev–Trinajstić information content (AvgIpc) is 2.57. The number of ether oxygens (including phenoxy) is 1. The number of hydrogen-bond donors (Lipinski definition) is 0. The molecule has 0 atom stereocenters. The second-order valence-corrected chi connectivity index (χ2v) is 7.62. The van der Waals surface area contributed by atoms with Gasteiger partial charge in [-0.2, -0.15) is 0 Å². The van der Waals surface area contributed by atoms with Gasteiger partial charge in [-0.15, -0.1) is 0 Å². The Morgan fingerprint density at radius 3 is 1.50 bits per heavy atom. The highest BCUT2D eigenvalue weighted by atomic mass is 16.5. The van der Waals surface area contributed by atoms with Gasteiger partial charge in [-0.25, -0.2) is 4.79 Å². The number of methoxy groups -OCH3 is 1. The van der Waals surface area contributed by atoms with Gasteiger partial charge in [-0.3, -0.25) is 0 Å². The molecule has 0 bridgehead atoms. The summed E-state index contributed by atoms with van der Waals surface area (Å²) in [5, 5.41) is 0. The minimum atomic E-state index is -0.255. The molecule has 24 heavy (non-hydrogen) atoms. The largest absolute Gasteiger partial charge is 0.466 e. The van der Waals surface area contributed by atoms with Crippen LogP contribution in [0.5, 0.6) is 0 Å². The molecule has 2 nitrogen and oxygen atoms in total. The smallest absolute Gasteiger partial charge is 0.333 e. The van der Waals surface area contributed by atoms with Crippen LogP contribution in [0.2, 0.25) is 0 Å². The molecular formula is C22H42O2. The summed E-state index contributed by atoms with van der Waals surface area (Å²) in [5.74, 6) is 0.617. The van der Waals surface area contributed by atoms with Crippen molar-refractivity contribution in [2.45, 2.75) is 110 Å². The van der Waals surface area contributed by atoms with Crippen molar-refractivity contribution in [2.75, 3.05) is 7.11 Å². The lowest BCUT2D eigenvalue weighted by molar-refractivity contribution is -0.136. The second-order valence-electron chi connectivity index (χ2n) is 7.62. The normalized spacial score (nSPS) is 11.0. The van der Waals surface area contributed by atoms with Crippen molar-refractivity contribution in [1.82, 2.24) is 0 Å². The van der Waals surface area contributed by atoms with Gasteiger partial charge in [0.15, 0.2) is 0 Å². The Morgan fingerprint density at radius 1 is 0.750 bits per heavy atom. The molecule has 0 spiro atoms. The number of rotatable bonds is 17. The van der Waals surface area contributed by atoms with Gasteiger partial charge in [-0.05, 0) is 18.8 Å². The van der Waals surface area contributed by atoms with E-state index in [9.17, 15) is 4.79 Å². The lowest BCUT2D eigenvalue weighted by atomic mass is 10.0. The van der Waals surface area contributed by atoms with Crippen molar-refractivity contribution in [3.05, 3.63) is 12.2 Å². The van der Waals surface area contributed by atoms with E-state index in [1.165, 1.54) is 90.6 Å². The van der Waals surface area contributed by atoms with Gasteiger partial charge >= 0.3 is 5.97 Å². The van der Waals surface area contributed by atoms with Crippen molar-refractivity contribution in [2.24, 2.45) is 5.92 Å². The molecule has 0 aliphatic carbocycles. The Hall–Kier alpha value is -0.790. The van der Waals surface area contributed by atoms with E-state index < -0.39 is 0 Å². The molecule has 0 aromatic heterocycles. The first-order valence-electron chi connectivity index (χ1n) is 10.3. The maximum Gasteiger partial charge on any atom is 0.333 e. The van der Waals surface area contributed by atoms with E-state index in [1.807, 2.05) is 0 Å². The minimum absolute atomic E-state index is 0.255. The highest BCUT2D eigenvalue weighted by molar-refractivity contribution is 5.87. The summed E-state index contributed by atoms with van der Waals surface area (Å²) in [6, 6.07) is 0. The van der Waals surface area contributed by atoms with Crippen LogP contribution in [-0.4, -0.2) is 13.1 Å². The fourth-order valence-corrected chi connectivity index (χ4v) is 3.08. The Morgan fingerprint density at radius 2 is 1.12 bits per heavy atom. The van der Waals surface area contributed by atoms with Crippen LogP contribution in [0.1, 0.15) is 110 Å². The third-order valence-corrected chi connectivity index (χ3v) is 4.73. The molecule has 0 saturated heterocycles. The fraction of sp³-hybridized carbons (Fsp3) is 0.864. The monoisotopic (exact) mass is 338 g/mol. The Balaban J connectivity index is 3.13. The quantitative estimate of drug-likeness (QED) is 0.159. The molecule has 0 saturated carbocycles. The molecule has 0 amide bonds. The summed E-state index contributed by atoms with van der Waals surface area (Å²) in [6.07, 6.45) is 19.8. The third kappa shape index (κ3) is 16.1. The highest BCUT2D eigenvalue weighted by Gasteiger charge is 2.05. The Labute approximate surface area is 151 Å². The zero-order valence-corrected chi connectivity index (χ0v) is 16.7. The number of carbonyl (C=O) groups is 1. The fourth-order valence-electron chi connectivity index (χ4n) is 3.08. The van der Waals surface area contributed by atoms with Crippen LogP contribution in [0, 0.1) is 5.92 Å². The Bertz CT molecular complexity index is 307. The second kappa shape index (κ2) is 17.0. The summed E-state index contributed by atoms with van der Waals surface area (Å²) in [6.45, 7) is 8.39. The van der Waals surface area contributed by atoms with Gasteiger partial charge in [0, 0.05) is 5.57 Å². The zero-order chi connectivity index (χ0) is 18.0. The standard InChI is InChI=1S/C22H42O2/c1-20(2)18-16-14-12-10-8-6-5-7-9-11-13-15-17-19-21(3)22(23)24-4/h20H,3,5-19H2,1-2,4H3. The first-order chi connectivity index (χ1) is 11.6. The molecular weight excluding hydrogens is 296 g/mol. The van der Waals surface area contributed by atoms with Crippen LogP contribution >= 0.6 is 0 Å². The van der Waals surface area contributed by atoms with E-state index in [1.54, 1.807) is 0 Å². The summed E-state index contributed by atoms with van der Waals surface area (Å²) >= 11 is 0. The third-order valence-electron chi connectivity index (χ3n) is 4.73. The summed E-state index contributed by atoms with van der Waals surface area (Å²) < 4.78 is 4.65. The molecule has 0 radical (unpaired) electrons. The van der Waals surface area contributed by atoms with Gasteiger partial charge in [-0.1, -0.05) is 104 Å². The summed E-state index contributed by atoms with van der Waals surface area (Å²) in [7, 11) is 1.42. The molecule has 2 heteroatoms. The molecule has 0 aliphatic rings. The molecule has 0 aromatic carbocycles. The predicted molar refractivity (Wildman–Crippen MR) is 105 cm³/mol. The summed E-state index contributed by atoms with van der Waals surface area (Å²) in [4.78, 5) is 11.2. The number of unbranched alkanes of at least 4 members (excludes halogenated alkanes) is 12. The lowest BCUT2D eigenvalue weighted by Gasteiger charge is -2.05.